The van der Waals surface area contributed by atoms with E-state index in [1.54, 1.807) is 6.07 Å². The summed E-state index contributed by atoms with van der Waals surface area (Å²) >= 11 is 0. The Morgan fingerprint density at radius 3 is 2.71 bits per heavy atom. The first-order valence-corrected chi connectivity index (χ1v) is 7.25. The Balaban J connectivity index is 1.90. The zero-order valence-corrected chi connectivity index (χ0v) is 10.9. The van der Waals surface area contributed by atoms with Crippen molar-refractivity contribution >= 4 is 10.0 Å². The lowest BCUT2D eigenvalue weighted by atomic mass is 9.82. The Labute approximate surface area is 102 Å². The lowest BCUT2D eigenvalue weighted by molar-refractivity contribution is 0.233. The predicted molar refractivity (Wildman–Crippen MR) is 64.0 cm³/mol. The monoisotopic (exact) mass is 258 g/mol. The molecule has 2 N–H and O–H groups in total. The number of hydrogen-bond donors (Lipinski definition) is 2. The van der Waals surface area contributed by atoms with Crippen molar-refractivity contribution in [2.75, 3.05) is 7.05 Å². The van der Waals surface area contributed by atoms with Gasteiger partial charge in [0.2, 0.25) is 5.09 Å². The Bertz CT molecular complexity index is 475. The molecule has 1 heterocycles. The molecule has 0 amide bonds. The third kappa shape index (κ3) is 2.88. The number of rotatable bonds is 5. The highest BCUT2D eigenvalue weighted by Crippen LogP contribution is 2.26. The summed E-state index contributed by atoms with van der Waals surface area (Å²) in [5.41, 5.74) is 0. The minimum Gasteiger partial charge on any atom is -0.447 e. The Kier molecular flexibility index (Phi) is 3.56. The molecular weight excluding hydrogens is 240 g/mol. The minimum absolute atomic E-state index is 0.0289. The molecule has 1 aliphatic rings. The molecule has 0 aromatic carbocycles. The van der Waals surface area contributed by atoms with Crippen molar-refractivity contribution in [2.24, 2.45) is 5.92 Å². The standard InChI is InChI=1S/C11H18N2O3S/c1-8-5-9(6-8)13-7-10-3-4-11(16-10)17(14,15)12-2/h3-4,8-9,12-13H,5-7H2,1-2H3. The van der Waals surface area contributed by atoms with Crippen LogP contribution < -0.4 is 10.0 Å². The van der Waals surface area contributed by atoms with Crippen molar-refractivity contribution < 1.29 is 12.8 Å². The van der Waals surface area contributed by atoms with E-state index in [0.717, 1.165) is 5.92 Å². The summed E-state index contributed by atoms with van der Waals surface area (Å²) in [6.45, 7) is 2.80. The minimum atomic E-state index is -3.46. The zero-order chi connectivity index (χ0) is 12.5. The largest absolute Gasteiger partial charge is 0.447 e. The van der Waals surface area contributed by atoms with E-state index in [9.17, 15) is 8.42 Å². The van der Waals surface area contributed by atoms with E-state index in [2.05, 4.69) is 17.0 Å². The highest BCUT2D eigenvalue weighted by atomic mass is 32.2. The summed E-state index contributed by atoms with van der Waals surface area (Å²) in [5, 5.41) is 3.31. The van der Waals surface area contributed by atoms with Gasteiger partial charge in [0, 0.05) is 6.04 Å². The summed E-state index contributed by atoms with van der Waals surface area (Å²) in [7, 11) is -2.09. The van der Waals surface area contributed by atoms with E-state index >= 15 is 0 Å². The van der Waals surface area contributed by atoms with Gasteiger partial charge in [0.1, 0.15) is 5.76 Å². The second kappa shape index (κ2) is 4.80. The molecule has 1 aliphatic carbocycles. The van der Waals surface area contributed by atoms with Crippen LogP contribution in [0.3, 0.4) is 0 Å². The molecule has 96 valence electrons. The third-order valence-electron chi connectivity index (χ3n) is 3.11. The van der Waals surface area contributed by atoms with Crippen LogP contribution in [-0.4, -0.2) is 21.5 Å². The first-order chi connectivity index (χ1) is 8.01. The molecule has 0 aliphatic heterocycles. The molecule has 5 nitrogen and oxygen atoms in total. The highest BCUT2D eigenvalue weighted by molar-refractivity contribution is 7.89. The van der Waals surface area contributed by atoms with Gasteiger partial charge in [-0.25, -0.2) is 13.1 Å². The maximum Gasteiger partial charge on any atom is 0.273 e. The van der Waals surface area contributed by atoms with Crippen LogP contribution in [-0.2, 0) is 16.6 Å². The van der Waals surface area contributed by atoms with E-state index in [1.165, 1.54) is 26.0 Å². The van der Waals surface area contributed by atoms with Crippen LogP contribution in [0.1, 0.15) is 25.5 Å². The fourth-order valence-corrected chi connectivity index (χ4v) is 2.68. The number of sulfonamides is 1. The maximum absolute atomic E-state index is 11.4. The molecule has 0 radical (unpaired) electrons. The van der Waals surface area contributed by atoms with Gasteiger partial charge in [0.15, 0.2) is 0 Å². The van der Waals surface area contributed by atoms with Crippen LogP contribution in [0, 0.1) is 5.92 Å². The molecule has 1 aromatic heterocycles. The van der Waals surface area contributed by atoms with E-state index in [1.807, 2.05) is 0 Å². The van der Waals surface area contributed by atoms with E-state index in [0.29, 0.717) is 18.3 Å². The molecule has 0 saturated heterocycles. The average molecular weight is 258 g/mol. The molecule has 17 heavy (non-hydrogen) atoms. The second-order valence-corrected chi connectivity index (χ2v) is 6.40. The van der Waals surface area contributed by atoms with Crippen molar-refractivity contribution in [3.05, 3.63) is 17.9 Å². The quantitative estimate of drug-likeness (QED) is 0.829. The molecule has 1 fully saturated rings. The molecular formula is C11H18N2O3S. The third-order valence-corrected chi connectivity index (χ3v) is 4.40. The van der Waals surface area contributed by atoms with Crippen LogP contribution in [0.4, 0.5) is 0 Å². The second-order valence-electron chi connectivity index (χ2n) is 4.58. The van der Waals surface area contributed by atoms with Gasteiger partial charge < -0.3 is 9.73 Å². The summed E-state index contributed by atoms with van der Waals surface area (Å²) in [6.07, 6.45) is 2.37. The van der Waals surface area contributed by atoms with Gasteiger partial charge in [-0.05, 0) is 37.9 Å². The number of hydrogen-bond acceptors (Lipinski definition) is 4. The van der Waals surface area contributed by atoms with Crippen LogP contribution in [0.15, 0.2) is 21.6 Å². The first kappa shape index (κ1) is 12.6. The fraction of sp³-hybridized carbons (Fsp3) is 0.636. The van der Waals surface area contributed by atoms with Gasteiger partial charge in [-0.1, -0.05) is 6.92 Å². The average Bonchev–Trinajstić information content (AvgIpc) is 2.72. The SMILES string of the molecule is CNS(=O)(=O)c1ccc(CNC2CC(C)C2)o1. The van der Waals surface area contributed by atoms with Crippen LogP contribution in [0.2, 0.25) is 0 Å². The fourth-order valence-electron chi connectivity index (χ4n) is 2.01. The number of furan rings is 1. The van der Waals surface area contributed by atoms with Gasteiger partial charge in [0.25, 0.3) is 10.0 Å². The lowest BCUT2D eigenvalue weighted by Gasteiger charge is -2.33. The van der Waals surface area contributed by atoms with Gasteiger partial charge >= 0.3 is 0 Å². The Morgan fingerprint density at radius 2 is 2.12 bits per heavy atom. The molecule has 1 saturated carbocycles. The highest BCUT2D eigenvalue weighted by Gasteiger charge is 2.25. The van der Waals surface area contributed by atoms with Gasteiger partial charge in [-0.15, -0.1) is 0 Å². The maximum atomic E-state index is 11.4. The Hall–Kier alpha value is -0.850. The van der Waals surface area contributed by atoms with Crippen molar-refractivity contribution in [1.82, 2.24) is 10.0 Å². The van der Waals surface area contributed by atoms with Crippen LogP contribution in [0.25, 0.3) is 0 Å². The van der Waals surface area contributed by atoms with Crippen molar-refractivity contribution in [1.29, 1.82) is 0 Å². The molecule has 0 atom stereocenters. The summed E-state index contributed by atoms with van der Waals surface area (Å²) < 4.78 is 30.4. The van der Waals surface area contributed by atoms with Crippen molar-refractivity contribution in [3.8, 4) is 0 Å². The van der Waals surface area contributed by atoms with E-state index in [4.69, 9.17) is 4.42 Å². The van der Waals surface area contributed by atoms with Gasteiger partial charge in [-0.2, -0.15) is 0 Å². The first-order valence-electron chi connectivity index (χ1n) is 5.77. The van der Waals surface area contributed by atoms with Gasteiger partial charge in [-0.3, -0.25) is 0 Å². The van der Waals surface area contributed by atoms with E-state index in [-0.39, 0.29) is 5.09 Å². The Morgan fingerprint density at radius 1 is 1.41 bits per heavy atom. The normalized spacial score (nSPS) is 24.6. The zero-order valence-electron chi connectivity index (χ0n) is 10.1. The number of nitrogens with one attached hydrogen (secondary N) is 2. The smallest absolute Gasteiger partial charge is 0.273 e. The molecule has 0 spiro atoms. The van der Waals surface area contributed by atoms with Crippen molar-refractivity contribution in [3.63, 3.8) is 0 Å². The molecule has 0 unspecified atom stereocenters. The topological polar surface area (TPSA) is 71.3 Å². The lowest BCUT2D eigenvalue weighted by Crippen LogP contribution is -2.39. The predicted octanol–water partition coefficient (Wildman–Crippen LogP) is 1.08. The molecule has 1 aromatic rings. The van der Waals surface area contributed by atoms with Crippen LogP contribution >= 0.6 is 0 Å². The summed E-state index contributed by atoms with van der Waals surface area (Å²) in [6, 6.07) is 3.71. The molecule has 2 rings (SSSR count). The van der Waals surface area contributed by atoms with E-state index < -0.39 is 10.0 Å². The van der Waals surface area contributed by atoms with Gasteiger partial charge in [0.05, 0.1) is 6.54 Å². The molecule has 6 heteroatoms. The summed E-state index contributed by atoms with van der Waals surface area (Å²) in [5.74, 6) is 1.45. The van der Waals surface area contributed by atoms with Crippen molar-refractivity contribution in [2.45, 2.75) is 37.4 Å². The molecule has 0 bridgehead atoms. The van der Waals surface area contributed by atoms with Crippen LogP contribution in [0.5, 0.6) is 0 Å². The summed E-state index contributed by atoms with van der Waals surface area (Å²) in [4.78, 5) is 0.